The molecule has 12 heteroatoms. The summed E-state index contributed by atoms with van der Waals surface area (Å²) < 4.78 is 58.6. The van der Waals surface area contributed by atoms with Gasteiger partial charge in [0.1, 0.15) is 17.2 Å². The molecule has 3 aromatic rings. The number of benzene rings is 3. The van der Waals surface area contributed by atoms with Crippen molar-refractivity contribution >= 4 is 21.8 Å². The Morgan fingerprint density at radius 1 is 1.04 bits per heavy atom. The number of rotatable bonds is 14. The van der Waals surface area contributed by atoms with Crippen molar-refractivity contribution in [2.45, 2.75) is 55.6 Å². The molecule has 252 valence electrons. The zero-order chi connectivity index (χ0) is 33.0. The van der Waals surface area contributed by atoms with Gasteiger partial charge >= 0.3 is 6.09 Å². The summed E-state index contributed by atoms with van der Waals surface area (Å²) >= 11 is 0. The molecule has 3 aromatic carbocycles. The van der Waals surface area contributed by atoms with Gasteiger partial charge in [0.05, 0.1) is 37.9 Å². The average Bonchev–Trinajstić information content (AvgIpc) is 3.86. The van der Waals surface area contributed by atoms with E-state index in [0.717, 1.165) is 48.4 Å². The number of hydrogen-bond acceptors (Lipinski definition) is 8. The molecule has 2 heterocycles. The monoisotopic (exact) mass is 667 g/mol. The van der Waals surface area contributed by atoms with Gasteiger partial charge in [-0.15, -0.1) is 0 Å². The van der Waals surface area contributed by atoms with Crippen LogP contribution in [0.25, 0.3) is 11.1 Å². The Hall–Kier alpha value is -3.55. The Balaban J connectivity index is 1.09. The van der Waals surface area contributed by atoms with Gasteiger partial charge in [-0.25, -0.2) is 22.3 Å². The lowest BCUT2D eigenvalue weighted by atomic mass is 9.90. The summed E-state index contributed by atoms with van der Waals surface area (Å²) in [7, 11) is -3.74. The van der Waals surface area contributed by atoms with Gasteiger partial charge in [0.2, 0.25) is 10.0 Å². The van der Waals surface area contributed by atoms with E-state index in [0.29, 0.717) is 44.1 Å². The summed E-state index contributed by atoms with van der Waals surface area (Å²) in [6.45, 7) is 5.36. The Bertz CT molecular complexity index is 1660. The van der Waals surface area contributed by atoms with E-state index in [1.54, 1.807) is 17.0 Å². The predicted molar refractivity (Wildman–Crippen MR) is 176 cm³/mol. The minimum absolute atomic E-state index is 0.0813. The smallest absolute Gasteiger partial charge is 0.415 e. The lowest BCUT2D eigenvalue weighted by Gasteiger charge is -2.37. The van der Waals surface area contributed by atoms with E-state index in [9.17, 15) is 17.6 Å². The van der Waals surface area contributed by atoms with Gasteiger partial charge in [0.25, 0.3) is 0 Å². The molecule has 6 rings (SSSR count). The fourth-order valence-electron chi connectivity index (χ4n) is 6.41. The average molecular weight is 668 g/mol. The Morgan fingerprint density at radius 3 is 2.43 bits per heavy atom. The van der Waals surface area contributed by atoms with Crippen LogP contribution in [0.3, 0.4) is 0 Å². The number of carbonyl (C=O) groups excluding carboxylic acids is 1. The lowest BCUT2D eigenvalue weighted by Crippen LogP contribution is -2.46. The zero-order valence-electron chi connectivity index (χ0n) is 26.6. The van der Waals surface area contributed by atoms with Gasteiger partial charge in [0, 0.05) is 50.3 Å². The van der Waals surface area contributed by atoms with Crippen LogP contribution in [0.2, 0.25) is 0 Å². The second-order valence-corrected chi connectivity index (χ2v) is 14.2. The van der Waals surface area contributed by atoms with Crippen molar-refractivity contribution in [2.75, 3.05) is 57.5 Å². The summed E-state index contributed by atoms with van der Waals surface area (Å²) in [5.74, 6) is 1.09. The van der Waals surface area contributed by atoms with Crippen molar-refractivity contribution in [3.63, 3.8) is 0 Å². The molecule has 1 saturated carbocycles. The van der Waals surface area contributed by atoms with E-state index in [-0.39, 0.29) is 37.1 Å². The number of halogens is 1. The van der Waals surface area contributed by atoms with Crippen molar-refractivity contribution in [1.82, 2.24) is 9.62 Å². The highest BCUT2D eigenvalue weighted by molar-refractivity contribution is 7.89. The maximum absolute atomic E-state index is 13.7. The maximum Gasteiger partial charge on any atom is 0.415 e. The van der Waals surface area contributed by atoms with E-state index in [2.05, 4.69) is 21.8 Å². The molecular formula is C35H42FN3O7S. The van der Waals surface area contributed by atoms with Crippen LogP contribution in [0.15, 0.2) is 65.6 Å². The van der Waals surface area contributed by atoms with E-state index in [1.807, 2.05) is 19.1 Å². The molecule has 47 heavy (non-hydrogen) atoms. The number of aliphatic hydroxyl groups excluding tert-OH is 1. The molecule has 1 spiro atoms. The van der Waals surface area contributed by atoms with Gasteiger partial charge in [-0.05, 0) is 90.9 Å². The Labute approximate surface area is 275 Å². The summed E-state index contributed by atoms with van der Waals surface area (Å²) in [6, 6.07) is 17.2. The van der Waals surface area contributed by atoms with Gasteiger partial charge in [-0.3, -0.25) is 9.80 Å². The largest absolute Gasteiger partial charge is 0.494 e. The van der Waals surface area contributed by atoms with E-state index in [1.165, 1.54) is 29.8 Å². The molecule has 3 fully saturated rings. The van der Waals surface area contributed by atoms with Crippen LogP contribution in [0, 0.1) is 5.82 Å². The molecule has 0 unspecified atom stereocenters. The first-order chi connectivity index (χ1) is 22.7. The van der Waals surface area contributed by atoms with Crippen molar-refractivity contribution < 1.29 is 36.9 Å². The van der Waals surface area contributed by atoms with Gasteiger partial charge in [-0.2, -0.15) is 0 Å². The highest BCUT2D eigenvalue weighted by Crippen LogP contribution is 2.47. The fourth-order valence-corrected chi connectivity index (χ4v) is 7.43. The minimum atomic E-state index is -3.74. The highest BCUT2D eigenvalue weighted by atomic mass is 32.2. The van der Waals surface area contributed by atoms with Gasteiger partial charge < -0.3 is 19.3 Å². The maximum atomic E-state index is 13.7. The Kier molecular flexibility index (Phi) is 10.1. The molecule has 0 aromatic heterocycles. The SMILES string of the molecule is CCOc1cc(-c2ccc(F)cc2)c(C2CC2)cc1CN1CCC2(CC1)CN(c1ccc(S(=O)(=O)NCCOCCO)cc1)C(=O)O2. The molecule has 0 atom stereocenters. The molecule has 2 N–H and O–H groups in total. The molecule has 2 saturated heterocycles. The molecule has 10 nitrogen and oxygen atoms in total. The lowest BCUT2D eigenvalue weighted by molar-refractivity contribution is -0.00111. The van der Waals surface area contributed by atoms with Crippen LogP contribution >= 0.6 is 0 Å². The minimum Gasteiger partial charge on any atom is -0.494 e. The van der Waals surface area contributed by atoms with Gasteiger partial charge in [0.15, 0.2) is 0 Å². The second-order valence-electron chi connectivity index (χ2n) is 12.4. The first-order valence-corrected chi connectivity index (χ1v) is 17.8. The third-order valence-corrected chi connectivity index (χ3v) is 10.5. The topological polar surface area (TPSA) is 118 Å². The molecule has 2 aliphatic heterocycles. The number of nitrogens with one attached hydrogen (secondary N) is 1. The first kappa shape index (κ1) is 33.4. The normalized spacial score (nSPS) is 18.1. The van der Waals surface area contributed by atoms with Crippen LogP contribution in [0.4, 0.5) is 14.9 Å². The summed E-state index contributed by atoms with van der Waals surface area (Å²) in [5, 5.41) is 8.77. The number of piperidine rings is 1. The van der Waals surface area contributed by atoms with E-state index in [4.69, 9.17) is 19.3 Å². The van der Waals surface area contributed by atoms with Crippen LogP contribution in [0.1, 0.15) is 49.7 Å². The molecule has 3 aliphatic rings. The third-order valence-electron chi connectivity index (χ3n) is 9.07. The number of carbonyl (C=O) groups is 1. The van der Waals surface area contributed by atoms with E-state index < -0.39 is 21.7 Å². The number of aliphatic hydroxyl groups is 1. The quantitative estimate of drug-likeness (QED) is 0.230. The summed E-state index contributed by atoms with van der Waals surface area (Å²) in [5.41, 5.74) is 4.47. The molecular weight excluding hydrogens is 625 g/mol. The second kappa shape index (κ2) is 14.3. The van der Waals surface area contributed by atoms with Crippen molar-refractivity contribution in [3.8, 4) is 16.9 Å². The molecule has 0 radical (unpaired) electrons. The highest BCUT2D eigenvalue weighted by Gasteiger charge is 2.47. The standard InChI is InChI=1S/C35H42FN3O7S/c1-2-45-33-22-32(26-5-7-28(36)8-6-26)31(25-3-4-25)21-27(33)23-38-16-13-35(14-17-38)24-39(34(41)46-35)29-9-11-30(12-10-29)47(42,43)37-15-19-44-20-18-40/h5-12,21-22,25,37,40H,2-4,13-20,23-24H2,1H3. The number of hydrogen-bond donors (Lipinski definition) is 2. The van der Waals surface area contributed by atoms with Crippen LogP contribution < -0.4 is 14.4 Å². The number of anilines is 1. The summed E-state index contributed by atoms with van der Waals surface area (Å²) in [6.07, 6.45) is 3.21. The van der Waals surface area contributed by atoms with Crippen molar-refractivity contribution in [2.24, 2.45) is 0 Å². The zero-order valence-corrected chi connectivity index (χ0v) is 27.4. The molecule has 1 aliphatic carbocycles. The molecule has 1 amide bonds. The van der Waals surface area contributed by atoms with E-state index >= 15 is 0 Å². The first-order valence-electron chi connectivity index (χ1n) is 16.3. The number of amides is 1. The van der Waals surface area contributed by atoms with Gasteiger partial charge in [-0.1, -0.05) is 12.1 Å². The number of sulfonamides is 1. The van der Waals surface area contributed by atoms with Crippen LogP contribution in [0.5, 0.6) is 5.75 Å². The third kappa shape index (κ3) is 7.79. The Morgan fingerprint density at radius 2 is 1.77 bits per heavy atom. The van der Waals surface area contributed by atoms with Crippen LogP contribution in [-0.2, 0) is 26.0 Å². The van der Waals surface area contributed by atoms with Crippen LogP contribution in [-0.4, -0.2) is 82.7 Å². The predicted octanol–water partition coefficient (Wildman–Crippen LogP) is 5.05. The summed E-state index contributed by atoms with van der Waals surface area (Å²) in [4.78, 5) is 17.0. The number of nitrogens with zero attached hydrogens (tertiary/aromatic N) is 2. The number of likely N-dealkylation sites (tertiary alicyclic amines) is 1. The van der Waals surface area contributed by atoms with Crippen molar-refractivity contribution in [1.29, 1.82) is 0 Å². The molecule has 0 bridgehead atoms. The fraction of sp³-hybridized carbons (Fsp3) is 0.457. The number of ether oxygens (including phenoxy) is 3. The van der Waals surface area contributed by atoms with Crippen molar-refractivity contribution in [3.05, 3.63) is 77.6 Å².